The van der Waals surface area contributed by atoms with Crippen LogP contribution in [0.25, 0.3) is 17.5 Å². The van der Waals surface area contributed by atoms with Crippen LogP contribution in [0.5, 0.6) is 11.5 Å². The van der Waals surface area contributed by atoms with Gasteiger partial charge in [-0.25, -0.2) is 0 Å². The smallest absolute Gasteiger partial charge is 0.246 e. The van der Waals surface area contributed by atoms with E-state index in [1.54, 1.807) is 11.0 Å². The van der Waals surface area contributed by atoms with Crippen LogP contribution in [0, 0.1) is 0 Å². The standard InChI is InChI=1S/C23H23N3O4/c1-16(2)26(22(27)11-8-17-6-4-3-5-7-17)13-12-21-24-23(25-30-21)18-9-10-19-20(14-18)29-15-28-19/h3-11,14,16H,12-13,15H2,1-2H3/b11-8+. The van der Waals surface area contributed by atoms with Gasteiger partial charge in [-0.3, -0.25) is 4.79 Å². The largest absolute Gasteiger partial charge is 0.454 e. The Labute approximate surface area is 174 Å². The van der Waals surface area contributed by atoms with Crippen LogP contribution < -0.4 is 9.47 Å². The van der Waals surface area contributed by atoms with Gasteiger partial charge in [0, 0.05) is 30.6 Å². The van der Waals surface area contributed by atoms with Crippen LogP contribution in [0.3, 0.4) is 0 Å². The number of fused-ring (bicyclic) bond motifs is 1. The Morgan fingerprint density at radius 3 is 2.73 bits per heavy atom. The van der Waals surface area contributed by atoms with Crippen LogP contribution in [-0.4, -0.2) is 40.3 Å². The van der Waals surface area contributed by atoms with E-state index in [1.807, 2.05) is 68.5 Å². The minimum atomic E-state index is -0.0515. The highest BCUT2D eigenvalue weighted by Gasteiger charge is 2.18. The SMILES string of the molecule is CC(C)N(CCc1nc(-c2ccc3c(c2)OCO3)no1)C(=O)/C=C/c1ccccc1. The first-order chi connectivity index (χ1) is 14.6. The molecular weight excluding hydrogens is 382 g/mol. The van der Waals surface area contributed by atoms with Crippen molar-refractivity contribution in [1.29, 1.82) is 0 Å². The first-order valence-corrected chi connectivity index (χ1v) is 9.86. The summed E-state index contributed by atoms with van der Waals surface area (Å²) < 4.78 is 16.1. The van der Waals surface area contributed by atoms with Crippen molar-refractivity contribution in [3.05, 3.63) is 66.1 Å². The van der Waals surface area contributed by atoms with E-state index < -0.39 is 0 Å². The van der Waals surface area contributed by atoms with E-state index in [4.69, 9.17) is 14.0 Å². The zero-order valence-corrected chi connectivity index (χ0v) is 16.9. The summed E-state index contributed by atoms with van der Waals surface area (Å²) >= 11 is 0. The molecule has 0 unspecified atom stereocenters. The maximum Gasteiger partial charge on any atom is 0.246 e. The maximum atomic E-state index is 12.7. The molecule has 0 fully saturated rings. The molecule has 0 radical (unpaired) electrons. The molecule has 7 heteroatoms. The van der Waals surface area contributed by atoms with Gasteiger partial charge in [-0.2, -0.15) is 4.98 Å². The predicted molar refractivity (Wildman–Crippen MR) is 112 cm³/mol. The molecule has 4 rings (SSSR count). The van der Waals surface area contributed by atoms with Crippen molar-refractivity contribution in [2.75, 3.05) is 13.3 Å². The van der Waals surface area contributed by atoms with E-state index in [0.717, 1.165) is 11.1 Å². The molecule has 1 aliphatic rings. The van der Waals surface area contributed by atoms with Gasteiger partial charge in [-0.05, 0) is 43.7 Å². The van der Waals surface area contributed by atoms with Crippen molar-refractivity contribution < 1.29 is 18.8 Å². The third-order valence-electron chi connectivity index (χ3n) is 4.79. The Morgan fingerprint density at radius 1 is 1.13 bits per heavy atom. The van der Waals surface area contributed by atoms with Gasteiger partial charge in [0.15, 0.2) is 11.5 Å². The Kier molecular flexibility index (Phi) is 5.79. The summed E-state index contributed by atoms with van der Waals surface area (Å²) in [5, 5.41) is 4.06. The number of rotatable bonds is 7. The molecule has 0 atom stereocenters. The lowest BCUT2D eigenvalue weighted by molar-refractivity contribution is -0.127. The highest BCUT2D eigenvalue weighted by atomic mass is 16.7. The Hall–Kier alpha value is -3.61. The van der Waals surface area contributed by atoms with Gasteiger partial charge in [0.05, 0.1) is 0 Å². The van der Waals surface area contributed by atoms with Gasteiger partial charge >= 0.3 is 0 Å². The number of hydrogen-bond donors (Lipinski definition) is 0. The molecule has 3 aromatic rings. The van der Waals surface area contributed by atoms with Gasteiger partial charge in [0.25, 0.3) is 0 Å². The highest BCUT2D eigenvalue weighted by Crippen LogP contribution is 2.35. The minimum absolute atomic E-state index is 0.0502. The average Bonchev–Trinajstić information content (AvgIpc) is 3.41. The van der Waals surface area contributed by atoms with E-state index in [1.165, 1.54) is 0 Å². The van der Waals surface area contributed by atoms with Crippen LogP contribution in [0.15, 0.2) is 59.1 Å². The van der Waals surface area contributed by atoms with Crippen molar-refractivity contribution in [1.82, 2.24) is 15.0 Å². The number of ether oxygens (including phenoxy) is 2. The third kappa shape index (κ3) is 4.51. The monoisotopic (exact) mass is 405 g/mol. The van der Waals surface area contributed by atoms with Crippen LogP contribution in [-0.2, 0) is 11.2 Å². The fourth-order valence-electron chi connectivity index (χ4n) is 3.18. The fraction of sp³-hybridized carbons (Fsp3) is 0.261. The van der Waals surface area contributed by atoms with Crippen molar-refractivity contribution >= 4 is 12.0 Å². The number of nitrogens with zero attached hydrogens (tertiary/aromatic N) is 3. The number of benzene rings is 2. The zero-order valence-electron chi connectivity index (χ0n) is 16.9. The highest BCUT2D eigenvalue weighted by molar-refractivity contribution is 5.92. The summed E-state index contributed by atoms with van der Waals surface area (Å²) in [6, 6.07) is 15.3. The second-order valence-electron chi connectivity index (χ2n) is 7.20. The van der Waals surface area contributed by atoms with Crippen molar-refractivity contribution in [3.63, 3.8) is 0 Å². The molecule has 2 aromatic carbocycles. The zero-order chi connectivity index (χ0) is 20.9. The van der Waals surface area contributed by atoms with Crippen LogP contribution in [0.1, 0.15) is 25.3 Å². The molecule has 7 nitrogen and oxygen atoms in total. The molecular formula is C23H23N3O4. The summed E-state index contributed by atoms with van der Waals surface area (Å²) in [6.45, 7) is 4.67. The van der Waals surface area contributed by atoms with Crippen molar-refractivity contribution in [2.45, 2.75) is 26.3 Å². The minimum Gasteiger partial charge on any atom is -0.454 e. The fourth-order valence-corrected chi connectivity index (χ4v) is 3.18. The first kappa shape index (κ1) is 19.7. The lowest BCUT2D eigenvalue weighted by Gasteiger charge is -2.24. The molecule has 1 amide bonds. The molecule has 30 heavy (non-hydrogen) atoms. The summed E-state index contributed by atoms with van der Waals surface area (Å²) in [6.07, 6.45) is 3.89. The van der Waals surface area contributed by atoms with E-state index in [9.17, 15) is 4.79 Å². The third-order valence-corrected chi connectivity index (χ3v) is 4.79. The maximum absolute atomic E-state index is 12.7. The van der Waals surface area contributed by atoms with E-state index in [-0.39, 0.29) is 18.7 Å². The average molecular weight is 405 g/mol. The molecule has 1 aliphatic heterocycles. The predicted octanol–water partition coefficient (Wildman–Crippen LogP) is 3.96. The van der Waals surface area contributed by atoms with Crippen LogP contribution in [0.4, 0.5) is 0 Å². The molecule has 0 saturated carbocycles. The van der Waals surface area contributed by atoms with Gasteiger partial charge < -0.3 is 18.9 Å². The van der Waals surface area contributed by atoms with Crippen molar-refractivity contribution in [3.8, 4) is 22.9 Å². The number of carbonyl (C=O) groups excluding carboxylic acids is 1. The van der Waals surface area contributed by atoms with Gasteiger partial charge in [0.1, 0.15) is 0 Å². The second-order valence-corrected chi connectivity index (χ2v) is 7.20. The Morgan fingerprint density at radius 2 is 1.93 bits per heavy atom. The summed E-state index contributed by atoms with van der Waals surface area (Å²) in [5.41, 5.74) is 1.77. The van der Waals surface area contributed by atoms with E-state index in [0.29, 0.717) is 36.2 Å². The molecule has 2 heterocycles. The summed E-state index contributed by atoms with van der Waals surface area (Å²) in [5.74, 6) is 2.28. The molecule has 0 spiro atoms. The van der Waals surface area contributed by atoms with Gasteiger partial charge in [-0.15, -0.1) is 0 Å². The molecule has 1 aromatic heterocycles. The van der Waals surface area contributed by atoms with Crippen LogP contribution in [0.2, 0.25) is 0 Å². The molecule has 0 N–H and O–H groups in total. The van der Waals surface area contributed by atoms with E-state index >= 15 is 0 Å². The molecule has 0 saturated heterocycles. The summed E-state index contributed by atoms with van der Waals surface area (Å²) in [7, 11) is 0. The van der Waals surface area contributed by atoms with Crippen molar-refractivity contribution in [2.24, 2.45) is 0 Å². The van der Waals surface area contributed by atoms with E-state index in [2.05, 4.69) is 10.1 Å². The number of amides is 1. The lowest BCUT2D eigenvalue weighted by atomic mass is 10.2. The number of hydrogen-bond acceptors (Lipinski definition) is 6. The molecule has 0 bridgehead atoms. The normalized spacial score (nSPS) is 12.6. The first-order valence-electron chi connectivity index (χ1n) is 9.86. The number of carbonyl (C=O) groups is 1. The quantitative estimate of drug-likeness (QED) is 0.554. The Balaban J connectivity index is 1.40. The number of aromatic nitrogens is 2. The molecule has 154 valence electrons. The summed E-state index contributed by atoms with van der Waals surface area (Å²) in [4.78, 5) is 18.9. The van der Waals surface area contributed by atoms with Gasteiger partial charge in [-0.1, -0.05) is 35.5 Å². The topological polar surface area (TPSA) is 77.7 Å². The molecule has 0 aliphatic carbocycles. The Bertz CT molecular complexity index is 1040. The second kappa shape index (κ2) is 8.82. The van der Waals surface area contributed by atoms with Crippen LogP contribution >= 0.6 is 0 Å². The van der Waals surface area contributed by atoms with Gasteiger partial charge in [0.2, 0.25) is 24.4 Å². The lowest BCUT2D eigenvalue weighted by Crippen LogP contribution is -2.37.